The molecule has 1 aromatic heterocycles. The van der Waals surface area contributed by atoms with Crippen LogP contribution in [0.1, 0.15) is 16.7 Å². The number of hydrogen-bond acceptors (Lipinski definition) is 6. The van der Waals surface area contributed by atoms with Crippen molar-refractivity contribution in [3.8, 4) is 17.6 Å². The molecule has 1 heterocycles. The molecule has 4 aromatic rings. The van der Waals surface area contributed by atoms with Crippen molar-refractivity contribution in [3.05, 3.63) is 96.8 Å². The van der Waals surface area contributed by atoms with Crippen LogP contribution >= 0.6 is 45.2 Å². The van der Waals surface area contributed by atoms with Gasteiger partial charge in [0.25, 0.3) is 5.91 Å². The molecule has 4 rings (SSSR count). The zero-order chi connectivity index (χ0) is 24.6. The van der Waals surface area contributed by atoms with Gasteiger partial charge in [0.05, 0.1) is 21.4 Å². The molecular formula is C26H18I2N4O3. The summed E-state index contributed by atoms with van der Waals surface area (Å²) < 4.78 is 13.6. The second-order valence-corrected chi connectivity index (χ2v) is 9.68. The lowest BCUT2D eigenvalue weighted by atomic mass is 10.1. The molecule has 0 spiro atoms. The van der Waals surface area contributed by atoms with Crippen LogP contribution in [-0.4, -0.2) is 23.7 Å². The number of pyridine rings is 1. The first-order valence-electron chi connectivity index (χ1n) is 10.4. The molecular weight excluding hydrogens is 670 g/mol. The summed E-state index contributed by atoms with van der Waals surface area (Å²) in [5, 5.41) is 14.3. The predicted molar refractivity (Wildman–Crippen MR) is 150 cm³/mol. The maximum absolute atomic E-state index is 12.3. The zero-order valence-corrected chi connectivity index (χ0v) is 22.6. The third-order valence-electron chi connectivity index (χ3n) is 4.89. The molecule has 1 N–H and O–H groups in total. The molecule has 0 aliphatic heterocycles. The molecule has 174 valence electrons. The fourth-order valence-corrected chi connectivity index (χ4v) is 5.32. The van der Waals surface area contributed by atoms with E-state index in [0.29, 0.717) is 28.1 Å². The molecule has 0 atom stereocenters. The van der Waals surface area contributed by atoms with Gasteiger partial charge in [0.2, 0.25) is 0 Å². The predicted octanol–water partition coefficient (Wildman–Crippen LogP) is 5.42. The Morgan fingerprint density at radius 2 is 1.91 bits per heavy atom. The van der Waals surface area contributed by atoms with Crippen molar-refractivity contribution in [1.82, 2.24) is 10.4 Å². The van der Waals surface area contributed by atoms with Gasteiger partial charge in [-0.2, -0.15) is 10.4 Å². The summed E-state index contributed by atoms with van der Waals surface area (Å²) in [5.41, 5.74) is 5.25. The second-order valence-electron chi connectivity index (χ2n) is 7.28. The van der Waals surface area contributed by atoms with Crippen LogP contribution < -0.4 is 14.9 Å². The summed E-state index contributed by atoms with van der Waals surface area (Å²) >= 11 is 4.41. The summed E-state index contributed by atoms with van der Waals surface area (Å²) in [4.78, 5) is 16.6. The third-order valence-corrected chi connectivity index (χ3v) is 6.32. The van der Waals surface area contributed by atoms with E-state index < -0.39 is 5.91 Å². The van der Waals surface area contributed by atoms with Crippen LogP contribution in [0.5, 0.6) is 11.5 Å². The van der Waals surface area contributed by atoms with E-state index in [0.717, 1.165) is 18.1 Å². The number of aromatic nitrogens is 1. The van der Waals surface area contributed by atoms with Crippen LogP contribution in [-0.2, 0) is 11.4 Å². The van der Waals surface area contributed by atoms with Crippen molar-refractivity contribution in [2.45, 2.75) is 6.61 Å². The monoisotopic (exact) mass is 688 g/mol. The standard InChI is InChI=1S/C26H18I2N4O3/c27-21-11-20(26(22(28)12-21)35-15-19-6-2-1-5-18(19)13-29)14-31-32-24(33)16-34-23-9-3-7-17-8-4-10-30-25(17)23/h1-12,14H,15-16H2,(H,32,33)/b31-14+. The van der Waals surface area contributed by atoms with Crippen molar-refractivity contribution in [2.24, 2.45) is 5.10 Å². The van der Waals surface area contributed by atoms with Gasteiger partial charge in [0.15, 0.2) is 6.61 Å². The first-order valence-corrected chi connectivity index (χ1v) is 12.6. The van der Waals surface area contributed by atoms with E-state index in [1.54, 1.807) is 18.3 Å². The quantitative estimate of drug-likeness (QED) is 0.152. The average molecular weight is 688 g/mol. The van der Waals surface area contributed by atoms with E-state index in [2.05, 4.69) is 66.8 Å². The Hall–Kier alpha value is -3.24. The fourth-order valence-electron chi connectivity index (χ4n) is 3.28. The number of ether oxygens (including phenoxy) is 2. The number of para-hydroxylation sites is 1. The molecule has 9 heteroatoms. The van der Waals surface area contributed by atoms with Crippen molar-refractivity contribution in [1.29, 1.82) is 5.26 Å². The first kappa shape index (κ1) is 24.9. The lowest BCUT2D eigenvalue weighted by Gasteiger charge is -2.13. The Morgan fingerprint density at radius 1 is 1.09 bits per heavy atom. The van der Waals surface area contributed by atoms with Gasteiger partial charge >= 0.3 is 0 Å². The van der Waals surface area contributed by atoms with Crippen LogP contribution in [0.4, 0.5) is 0 Å². The molecule has 0 unspecified atom stereocenters. The number of fused-ring (bicyclic) bond motifs is 1. The maximum atomic E-state index is 12.3. The van der Waals surface area contributed by atoms with Gasteiger partial charge in [0.1, 0.15) is 23.6 Å². The number of amides is 1. The van der Waals surface area contributed by atoms with Crippen LogP contribution in [0.15, 0.2) is 78.0 Å². The van der Waals surface area contributed by atoms with Crippen LogP contribution in [0, 0.1) is 18.5 Å². The highest BCUT2D eigenvalue weighted by molar-refractivity contribution is 14.1. The van der Waals surface area contributed by atoms with E-state index in [9.17, 15) is 10.1 Å². The number of nitrogens with zero attached hydrogens (tertiary/aromatic N) is 3. The number of carbonyl (C=O) groups excluding carboxylic acids is 1. The van der Waals surface area contributed by atoms with Gasteiger partial charge in [-0.1, -0.05) is 36.4 Å². The number of halogens is 2. The molecule has 0 bridgehead atoms. The SMILES string of the molecule is N#Cc1ccccc1COc1c(I)cc(I)cc1/C=N/NC(=O)COc1cccc2cccnc12. The number of nitrogens with one attached hydrogen (secondary N) is 1. The van der Waals surface area contributed by atoms with Crippen molar-refractivity contribution < 1.29 is 14.3 Å². The second kappa shape index (κ2) is 11.9. The van der Waals surface area contributed by atoms with Gasteiger partial charge in [-0.3, -0.25) is 9.78 Å². The molecule has 0 saturated heterocycles. The minimum absolute atomic E-state index is 0.203. The zero-order valence-electron chi connectivity index (χ0n) is 18.2. The van der Waals surface area contributed by atoms with Gasteiger partial charge in [-0.05, 0) is 75.5 Å². The summed E-state index contributed by atoms with van der Waals surface area (Å²) in [6, 6.07) is 22.7. The number of hydrogen-bond donors (Lipinski definition) is 1. The van der Waals surface area contributed by atoms with E-state index in [4.69, 9.17) is 9.47 Å². The topological polar surface area (TPSA) is 96.6 Å². The van der Waals surface area contributed by atoms with E-state index in [1.165, 1.54) is 6.21 Å². The molecule has 0 fully saturated rings. The number of nitriles is 1. The summed E-state index contributed by atoms with van der Waals surface area (Å²) in [5.74, 6) is 0.748. The lowest BCUT2D eigenvalue weighted by Crippen LogP contribution is -2.24. The minimum atomic E-state index is -0.403. The molecule has 0 aliphatic rings. The Labute approximate surface area is 229 Å². The minimum Gasteiger partial charge on any atom is -0.487 e. The van der Waals surface area contributed by atoms with Gasteiger partial charge in [-0.25, -0.2) is 5.43 Å². The van der Waals surface area contributed by atoms with Gasteiger partial charge in [0, 0.05) is 26.3 Å². The Bertz CT molecular complexity index is 1450. The summed E-state index contributed by atoms with van der Waals surface area (Å²) in [6.07, 6.45) is 3.22. The molecule has 0 aliphatic carbocycles. The maximum Gasteiger partial charge on any atom is 0.277 e. The molecule has 1 amide bonds. The van der Waals surface area contributed by atoms with Crippen LogP contribution in [0.25, 0.3) is 10.9 Å². The van der Waals surface area contributed by atoms with E-state index in [-0.39, 0.29) is 13.2 Å². The third kappa shape index (κ3) is 6.46. The Balaban J connectivity index is 1.41. The highest BCUT2D eigenvalue weighted by Gasteiger charge is 2.11. The fraction of sp³-hybridized carbons (Fsp3) is 0.0769. The van der Waals surface area contributed by atoms with Crippen LogP contribution in [0.2, 0.25) is 0 Å². The molecule has 0 saturated carbocycles. The van der Waals surface area contributed by atoms with E-state index >= 15 is 0 Å². The highest BCUT2D eigenvalue weighted by atomic mass is 127. The number of rotatable bonds is 8. The van der Waals surface area contributed by atoms with Crippen molar-refractivity contribution >= 4 is 68.2 Å². The molecule has 7 nitrogen and oxygen atoms in total. The Kier molecular flexibility index (Phi) is 8.49. The van der Waals surface area contributed by atoms with Crippen molar-refractivity contribution in [2.75, 3.05) is 6.61 Å². The van der Waals surface area contributed by atoms with Gasteiger partial charge in [-0.15, -0.1) is 0 Å². The molecule has 35 heavy (non-hydrogen) atoms. The lowest BCUT2D eigenvalue weighted by molar-refractivity contribution is -0.123. The van der Waals surface area contributed by atoms with E-state index in [1.807, 2.05) is 54.6 Å². The van der Waals surface area contributed by atoms with Crippen molar-refractivity contribution in [3.63, 3.8) is 0 Å². The number of benzene rings is 3. The molecule has 0 radical (unpaired) electrons. The Morgan fingerprint density at radius 3 is 2.77 bits per heavy atom. The smallest absolute Gasteiger partial charge is 0.277 e. The highest BCUT2D eigenvalue weighted by Crippen LogP contribution is 2.28. The van der Waals surface area contributed by atoms with Crippen LogP contribution in [0.3, 0.4) is 0 Å². The normalized spacial score (nSPS) is 10.8. The summed E-state index contributed by atoms with van der Waals surface area (Å²) in [6.45, 7) is 0.0334. The average Bonchev–Trinajstić information content (AvgIpc) is 2.87. The summed E-state index contributed by atoms with van der Waals surface area (Å²) in [7, 11) is 0. The first-order chi connectivity index (χ1) is 17.0. The van der Waals surface area contributed by atoms with Gasteiger partial charge < -0.3 is 9.47 Å². The molecule has 3 aromatic carbocycles. The largest absolute Gasteiger partial charge is 0.487 e. The number of carbonyl (C=O) groups is 1. The number of hydrazone groups is 1.